The summed E-state index contributed by atoms with van der Waals surface area (Å²) in [5, 5.41) is 10.1. The van der Waals surface area contributed by atoms with E-state index in [1.807, 2.05) is 27.7 Å². The summed E-state index contributed by atoms with van der Waals surface area (Å²) in [5.41, 5.74) is 1.70. The van der Waals surface area contributed by atoms with Gasteiger partial charge in [-0.25, -0.2) is 14.8 Å². The molecule has 0 aliphatic heterocycles. The summed E-state index contributed by atoms with van der Waals surface area (Å²) in [6.07, 6.45) is 1.41. The van der Waals surface area contributed by atoms with Crippen LogP contribution in [-0.4, -0.2) is 35.4 Å². The molecule has 35 heavy (non-hydrogen) atoms. The lowest BCUT2D eigenvalue weighted by atomic mass is 9.93. The molecule has 2 N–H and O–H groups in total. The molecule has 10 heteroatoms. The van der Waals surface area contributed by atoms with E-state index in [4.69, 9.17) is 18.7 Å². The Labute approximate surface area is 202 Å². The minimum atomic E-state index is -0.455. The van der Waals surface area contributed by atoms with Gasteiger partial charge in [-0.3, -0.25) is 5.32 Å². The van der Waals surface area contributed by atoms with E-state index in [1.165, 1.54) is 6.33 Å². The number of ether oxygens (including phenoxy) is 3. The van der Waals surface area contributed by atoms with Crippen LogP contribution in [0.3, 0.4) is 0 Å². The molecule has 2 amide bonds. The van der Waals surface area contributed by atoms with Gasteiger partial charge >= 0.3 is 6.03 Å². The van der Waals surface area contributed by atoms with Gasteiger partial charge in [0.1, 0.15) is 17.8 Å². The van der Waals surface area contributed by atoms with Gasteiger partial charge in [0.25, 0.3) is 0 Å². The minimum Gasteiger partial charge on any atom is -0.493 e. The van der Waals surface area contributed by atoms with Gasteiger partial charge < -0.3 is 24.1 Å². The number of fused-ring (bicyclic) bond motifs is 1. The zero-order valence-electron chi connectivity index (χ0n) is 20.4. The van der Waals surface area contributed by atoms with Crippen molar-refractivity contribution in [1.29, 1.82) is 0 Å². The summed E-state index contributed by atoms with van der Waals surface area (Å²) in [6.45, 7) is 7.84. The molecule has 2 aromatic heterocycles. The zero-order valence-corrected chi connectivity index (χ0v) is 20.4. The van der Waals surface area contributed by atoms with E-state index in [0.29, 0.717) is 56.9 Å². The van der Waals surface area contributed by atoms with E-state index in [0.717, 1.165) is 0 Å². The first-order valence-electron chi connectivity index (χ1n) is 10.9. The average molecular weight is 478 g/mol. The van der Waals surface area contributed by atoms with Crippen molar-refractivity contribution in [3.8, 4) is 23.1 Å². The number of aromatic nitrogens is 3. The normalized spacial score (nSPS) is 11.3. The van der Waals surface area contributed by atoms with E-state index in [2.05, 4.69) is 25.8 Å². The Bertz CT molecular complexity index is 1380. The molecule has 182 valence electrons. The maximum Gasteiger partial charge on any atom is 0.324 e. The monoisotopic (exact) mass is 477 g/mol. The van der Waals surface area contributed by atoms with Crippen molar-refractivity contribution in [1.82, 2.24) is 15.1 Å². The number of hydrogen-bond acceptors (Lipinski definition) is 8. The number of carbonyl (C=O) groups excluding carboxylic acids is 1. The molecular formula is C25H27N5O5. The van der Waals surface area contributed by atoms with Crippen molar-refractivity contribution in [2.24, 2.45) is 0 Å². The molecule has 2 aromatic carbocycles. The predicted octanol–water partition coefficient (Wildman–Crippen LogP) is 5.68. The van der Waals surface area contributed by atoms with E-state index in [-0.39, 0.29) is 5.41 Å². The number of rotatable bonds is 6. The molecule has 4 rings (SSSR count). The third kappa shape index (κ3) is 5.11. The molecule has 0 saturated carbocycles. The fraction of sp³-hybridized carbons (Fsp3) is 0.280. The number of anilines is 2. The Hall–Kier alpha value is -4.34. The third-order valence-corrected chi connectivity index (χ3v) is 5.33. The number of benzene rings is 2. The Morgan fingerprint density at radius 2 is 1.71 bits per heavy atom. The van der Waals surface area contributed by atoms with Crippen molar-refractivity contribution < 1.29 is 23.5 Å². The highest BCUT2D eigenvalue weighted by Crippen LogP contribution is 2.37. The molecular weight excluding hydrogens is 450 g/mol. The first-order valence-corrected chi connectivity index (χ1v) is 10.9. The van der Waals surface area contributed by atoms with Gasteiger partial charge in [0, 0.05) is 28.8 Å². The highest BCUT2D eigenvalue weighted by atomic mass is 16.5. The summed E-state index contributed by atoms with van der Waals surface area (Å²) in [5.74, 6) is 2.96. The number of amides is 2. The molecule has 0 fully saturated rings. The molecule has 0 saturated heterocycles. The third-order valence-electron chi connectivity index (χ3n) is 5.33. The molecule has 4 aromatic rings. The lowest BCUT2D eigenvalue weighted by molar-refractivity contribution is 0.262. The molecule has 0 unspecified atom stereocenters. The van der Waals surface area contributed by atoms with Gasteiger partial charge in [0.05, 0.1) is 25.1 Å². The van der Waals surface area contributed by atoms with Gasteiger partial charge in [0.15, 0.2) is 17.3 Å². The van der Waals surface area contributed by atoms with Crippen LogP contribution in [0.15, 0.2) is 47.2 Å². The lowest BCUT2D eigenvalue weighted by Gasteiger charge is -2.14. The maximum atomic E-state index is 12.6. The van der Waals surface area contributed by atoms with Gasteiger partial charge in [0.2, 0.25) is 5.88 Å². The van der Waals surface area contributed by atoms with Crippen LogP contribution in [0.25, 0.3) is 10.9 Å². The molecule has 0 aliphatic rings. The SMILES string of the molecule is COc1cc2ncnc(Oc3cccc(NC(=O)Nc4cc(C(C)(C)C)on4)c3C)c2cc1OC. The summed E-state index contributed by atoms with van der Waals surface area (Å²) in [6, 6.07) is 10.1. The highest BCUT2D eigenvalue weighted by Gasteiger charge is 2.21. The first-order chi connectivity index (χ1) is 16.7. The van der Waals surface area contributed by atoms with Crippen molar-refractivity contribution in [3.05, 3.63) is 54.0 Å². The average Bonchev–Trinajstić information content (AvgIpc) is 3.30. The molecule has 2 heterocycles. The quantitative estimate of drug-likeness (QED) is 0.364. The number of carbonyl (C=O) groups is 1. The second-order valence-electron chi connectivity index (χ2n) is 8.84. The summed E-state index contributed by atoms with van der Waals surface area (Å²) < 4.78 is 22.2. The van der Waals surface area contributed by atoms with Crippen LogP contribution in [0.4, 0.5) is 16.3 Å². The number of nitrogens with zero attached hydrogens (tertiary/aromatic N) is 3. The van der Waals surface area contributed by atoms with Crippen LogP contribution in [0.1, 0.15) is 32.1 Å². The minimum absolute atomic E-state index is 0.216. The predicted molar refractivity (Wildman–Crippen MR) is 132 cm³/mol. The fourth-order valence-electron chi connectivity index (χ4n) is 3.36. The molecule has 0 atom stereocenters. The van der Waals surface area contributed by atoms with Gasteiger partial charge in [-0.15, -0.1) is 0 Å². The second-order valence-corrected chi connectivity index (χ2v) is 8.84. The number of urea groups is 1. The van der Waals surface area contributed by atoms with Crippen LogP contribution < -0.4 is 24.8 Å². The smallest absolute Gasteiger partial charge is 0.324 e. The maximum absolute atomic E-state index is 12.6. The Kier molecular flexibility index (Phi) is 6.46. The zero-order chi connectivity index (χ0) is 25.2. The first kappa shape index (κ1) is 23.8. The van der Waals surface area contributed by atoms with Crippen molar-refractivity contribution >= 4 is 28.4 Å². The van der Waals surface area contributed by atoms with E-state index >= 15 is 0 Å². The van der Waals surface area contributed by atoms with Crippen LogP contribution in [0.2, 0.25) is 0 Å². The molecule has 0 radical (unpaired) electrons. The van der Waals surface area contributed by atoms with Crippen LogP contribution in [0, 0.1) is 6.92 Å². The highest BCUT2D eigenvalue weighted by molar-refractivity contribution is 5.99. The topological polar surface area (TPSA) is 121 Å². The molecule has 0 spiro atoms. The van der Waals surface area contributed by atoms with Gasteiger partial charge in [-0.05, 0) is 25.1 Å². The van der Waals surface area contributed by atoms with Crippen LogP contribution in [-0.2, 0) is 5.41 Å². The second kappa shape index (κ2) is 9.49. The summed E-state index contributed by atoms with van der Waals surface area (Å²) in [4.78, 5) is 21.2. The van der Waals surface area contributed by atoms with E-state index < -0.39 is 6.03 Å². The Balaban J connectivity index is 1.55. The largest absolute Gasteiger partial charge is 0.493 e. The van der Waals surface area contributed by atoms with Crippen LogP contribution in [0.5, 0.6) is 23.1 Å². The fourth-order valence-corrected chi connectivity index (χ4v) is 3.36. The van der Waals surface area contributed by atoms with E-state index in [1.54, 1.807) is 50.6 Å². The van der Waals surface area contributed by atoms with Crippen LogP contribution >= 0.6 is 0 Å². The van der Waals surface area contributed by atoms with E-state index in [9.17, 15) is 4.79 Å². The number of hydrogen-bond donors (Lipinski definition) is 2. The van der Waals surface area contributed by atoms with Crippen molar-refractivity contribution in [2.75, 3.05) is 24.9 Å². The van der Waals surface area contributed by atoms with Crippen molar-refractivity contribution in [2.45, 2.75) is 33.1 Å². The lowest BCUT2D eigenvalue weighted by Crippen LogP contribution is -2.20. The number of nitrogens with one attached hydrogen (secondary N) is 2. The Morgan fingerprint density at radius 3 is 2.40 bits per heavy atom. The van der Waals surface area contributed by atoms with Gasteiger partial charge in [-0.2, -0.15) is 0 Å². The summed E-state index contributed by atoms with van der Waals surface area (Å²) >= 11 is 0. The number of methoxy groups -OCH3 is 2. The molecule has 0 bridgehead atoms. The van der Waals surface area contributed by atoms with Gasteiger partial charge in [-0.1, -0.05) is 32.0 Å². The Morgan fingerprint density at radius 1 is 0.971 bits per heavy atom. The van der Waals surface area contributed by atoms with Crippen molar-refractivity contribution in [3.63, 3.8) is 0 Å². The summed E-state index contributed by atoms with van der Waals surface area (Å²) in [7, 11) is 3.12. The molecule has 10 nitrogen and oxygen atoms in total. The molecule has 0 aliphatic carbocycles. The standard InChI is InChI=1S/C25H27N5O5/c1-14-16(28-24(31)29-22-12-21(35-30-22)25(2,3)4)8-7-9-18(14)34-23-15-10-19(32-5)20(33-6)11-17(15)26-13-27-23/h7-13H,1-6H3,(H2,28,29,30,31).